The lowest BCUT2D eigenvalue weighted by Crippen LogP contribution is -2.63. The summed E-state index contributed by atoms with van der Waals surface area (Å²) in [7, 11) is 0. The summed E-state index contributed by atoms with van der Waals surface area (Å²) in [6.45, 7) is 10.7. The summed E-state index contributed by atoms with van der Waals surface area (Å²) in [6.07, 6.45) is -15.3. The van der Waals surface area contributed by atoms with Gasteiger partial charge in [-0.2, -0.15) is 0 Å². The highest BCUT2D eigenvalue weighted by molar-refractivity contribution is 5.16. The van der Waals surface area contributed by atoms with Gasteiger partial charge in [0.25, 0.3) is 0 Å². The average Bonchev–Trinajstić information content (AvgIpc) is 3.71. The van der Waals surface area contributed by atoms with Crippen molar-refractivity contribution in [3.63, 3.8) is 0 Å². The lowest BCUT2D eigenvalue weighted by atomic mass is 9.43. The number of ether oxygens (including phenoxy) is 8. The van der Waals surface area contributed by atoms with E-state index in [2.05, 4.69) is 27.7 Å². The summed E-state index contributed by atoms with van der Waals surface area (Å²) in [5.41, 5.74) is -0.00347. The van der Waals surface area contributed by atoms with Crippen LogP contribution in [-0.4, -0.2) is 187 Å². The molecule has 9 aliphatic rings. The lowest BCUT2D eigenvalue weighted by molar-refractivity contribution is -0.345. The average molecular weight is 903 g/mol. The van der Waals surface area contributed by atoms with Crippen molar-refractivity contribution in [2.45, 2.75) is 209 Å². The molecule has 18 heteroatoms. The van der Waals surface area contributed by atoms with Crippen molar-refractivity contribution in [2.75, 3.05) is 19.8 Å². The predicted octanol–water partition coefficient (Wildman–Crippen LogP) is -0.735. The normalized spacial score (nSPS) is 59.4. The largest absolute Gasteiger partial charge is 0.393 e. The van der Waals surface area contributed by atoms with E-state index in [1.165, 1.54) is 6.92 Å². The quantitative estimate of drug-likeness (QED) is 0.134. The monoisotopic (exact) mass is 902 g/mol. The van der Waals surface area contributed by atoms with E-state index in [0.29, 0.717) is 54.8 Å². The van der Waals surface area contributed by atoms with Crippen molar-refractivity contribution in [2.24, 2.45) is 52.3 Å². The molecule has 5 saturated heterocycles. The van der Waals surface area contributed by atoms with Crippen molar-refractivity contribution in [3.05, 3.63) is 0 Å². The molecule has 18 nitrogen and oxygen atoms in total. The molecule has 0 aromatic carbocycles. The van der Waals surface area contributed by atoms with Crippen LogP contribution in [0.5, 0.6) is 0 Å². The van der Waals surface area contributed by atoms with Crippen molar-refractivity contribution < 1.29 is 89.0 Å². The third kappa shape index (κ3) is 7.98. The van der Waals surface area contributed by atoms with Gasteiger partial charge in [-0.15, -0.1) is 0 Å². The Bertz CT molecular complexity index is 1590. The maximum Gasteiger partial charge on any atom is 0.186 e. The Morgan fingerprint density at radius 2 is 1.14 bits per heavy atom. The molecule has 0 unspecified atom stereocenters. The third-order valence-electron chi connectivity index (χ3n) is 18.2. The van der Waals surface area contributed by atoms with Crippen LogP contribution in [0.3, 0.4) is 0 Å². The van der Waals surface area contributed by atoms with Crippen LogP contribution >= 0.6 is 0 Å². The minimum atomic E-state index is -1.77. The SMILES string of the molecule is C[C@@H]1CC[C@@]2(OC1)O[C@H]1C[C@H]3[C@@H]4C[C@@H](O)[C@H]5C[C@@H](O[C@@H]6O[C@H](CO[C@@H]7O[C@H](CO[C@@H]8O[C@H](C)[C@@H](O)[C@H](O)[C@H]8O)[C@@H](O)[C@H](O)[C@H]7O)[C@@H](O)[C@H](O)[C@H]6O)CC[C@]5(C)[C@H]4CC[C@]3(C)[C@H]1[C@@H]2C. The van der Waals surface area contributed by atoms with Crippen LogP contribution < -0.4 is 0 Å². The molecule has 0 radical (unpaired) electrons. The van der Waals surface area contributed by atoms with E-state index in [-0.39, 0.29) is 22.9 Å². The highest BCUT2D eigenvalue weighted by atomic mass is 16.7. The number of hydrogen-bond donors (Lipinski definition) is 10. The second-order valence-corrected chi connectivity index (χ2v) is 21.7. The Morgan fingerprint density at radius 1 is 0.556 bits per heavy atom. The Balaban J connectivity index is 0.804. The fraction of sp³-hybridized carbons (Fsp3) is 1.00. The summed E-state index contributed by atoms with van der Waals surface area (Å²) in [5, 5.41) is 107. The van der Waals surface area contributed by atoms with Crippen LogP contribution in [0.2, 0.25) is 0 Å². The summed E-state index contributed by atoms with van der Waals surface area (Å²) in [4.78, 5) is 0. The van der Waals surface area contributed by atoms with Gasteiger partial charge in [0.15, 0.2) is 24.7 Å². The molecule has 9 fully saturated rings. The van der Waals surface area contributed by atoms with E-state index in [9.17, 15) is 51.1 Å². The molecular weight excluding hydrogens is 828 g/mol. The lowest BCUT2D eigenvalue weighted by Gasteiger charge is -2.62. The van der Waals surface area contributed by atoms with Gasteiger partial charge >= 0.3 is 0 Å². The molecule has 0 bridgehead atoms. The highest BCUT2D eigenvalue weighted by Gasteiger charge is 2.70. The molecular formula is C45H74O18. The summed E-state index contributed by atoms with van der Waals surface area (Å²) in [6, 6.07) is 0. The van der Waals surface area contributed by atoms with Crippen LogP contribution in [-0.2, 0) is 37.9 Å². The zero-order chi connectivity index (χ0) is 45.1. The minimum absolute atomic E-state index is 0.0501. The molecule has 4 saturated carbocycles. The van der Waals surface area contributed by atoms with E-state index in [1.807, 2.05) is 0 Å². The summed E-state index contributed by atoms with van der Waals surface area (Å²) < 4.78 is 48.3. The highest BCUT2D eigenvalue weighted by Crippen LogP contribution is 2.71. The molecule has 63 heavy (non-hydrogen) atoms. The Kier molecular flexibility index (Phi) is 13.3. The molecule has 10 N–H and O–H groups in total. The van der Waals surface area contributed by atoms with Gasteiger partial charge in [0.1, 0.15) is 67.1 Å². The zero-order valence-electron chi connectivity index (χ0n) is 37.2. The van der Waals surface area contributed by atoms with Crippen molar-refractivity contribution in [1.29, 1.82) is 0 Å². The number of fused-ring (bicyclic) bond motifs is 7. The van der Waals surface area contributed by atoms with E-state index in [1.54, 1.807) is 0 Å². The maximum absolute atomic E-state index is 12.0. The number of aliphatic hydroxyl groups is 10. The van der Waals surface area contributed by atoms with Gasteiger partial charge in [-0.05, 0) is 105 Å². The Labute approximate surface area is 369 Å². The van der Waals surface area contributed by atoms with Crippen molar-refractivity contribution in [1.82, 2.24) is 0 Å². The molecule has 1 spiro atoms. The first kappa shape index (κ1) is 47.4. The molecule has 0 amide bonds. The van der Waals surface area contributed by atoms with Crippen molar-refractivity contribution in [3.8, 4) is 0 Å². The van der Waals surface area contributed by atoms with E-state index >= 15 is 0 Å². The fourth-order valence-electron chi connectivity index (χ4n) is 14.5. The Morgan fingerprint density at radius 3 is 1.78 bits per heavy atom. The maximum atomic E-state index is 12.0. The third-order valence-corrected chi connectivity index (χ3v) is 18.2. The Hall–Kier alpha value is -0.720. The van der Waals surface area contributed by atoms with Gasteiger partial charge in [-0.3, -0.25) is 0 Å². The molecule has 0 aromatic rings. The molecule has 9 rings (SSSR count). The molecule has 5 aliphatic heterocycles. The first-order chi connectivity index (χ1) is 29.8. The first-order valence-electron chi connectivity index (χ1n) is 23.8. The van der Waals surface area contributed by atoms with Gasteiger partial charge in [0.2, 0.25) is 0 Å². The van der Waals surface area contributed by atoms with Gasteiger partial charge in [0.05, 0.1) is 44.2 Å². The van der Waals surface area contributed by atoms with Crippen LogP contribution in [0, 0.1) is 52.3 Å². The van der Waals surface area contributed by atoms with E-state index < -0.39 is 123 Å². The predicted molar refractivity (Wildman–Crippen MR) is 216 cm³/mol. The summed E-state index contributed by atoms with van der Waals surface area (Å²) in [5.74, 6) is 2.06. The van der Waals surface area contributed by atoms with Gasteiger partial charge in [0, 0.05) is 12.3 Å². The van der Waals surface area contributed by atoms with Gasteiger partial charge in [-0.25, -0.2) is 0 Å². The minimum Gasteiger partial charge on any atom is -0.393 e. The fourth-order valence-corrected chi connectivity index (χ4v) is 14.5. The second-order valence-electron chi connectivity index (χ2n) is 21.7. The van der Waals surface area contributed by atoms with Crippen molar-refractivity contribution >= 4 is 0 Å². The molecule has 362 valence electrons. The standard InChI is InChI=1S/C45H74O18/c1-18-6-11-45(58-15-18)19(2)30-27(63-45)14-24-22-13-26(46)25-12-21(7-9-43(25,4)23(22)8-10-44(24,30)5)60-42-39(55)36(52)33(49)29(62-42)17-57-41-38(54)35(51)32(48)28(61-41)16-56-40-37(53)34(50)31(47)20(3)59-40/h18-42,46-55H,6-17H2,1-5H3/t18-,19+,20-,21+,22-,23+,24+,25-,26-,27+,28-,29-,30+,31-,32-,33-,34+,35+,36+,37-,38-,39-,40-,41-,42-,43-,44+,45-/m1/s1. The second kappa shape index (κ2) is 17.7. The molecule has 4 aliphatic carbocycles. The van der Waals surface area contributed by atoms with Crippen LogP contribution in [0.25, 0.3) is 0 Å². The van der Waals surface area contributed by atoms with Crippen LogP contribution in [0.1, 0.15) is 92.4 Å². The number of hydrogen-bond acceptors (Lipinski definition) is 18. The van der Waals surface area contributed by atoms with Gasteiger partial charge in [-0.1, -0.05) is 27.7 Å². The van der Waals surface area contributed by atoms with Crippen LogP contribution in [0.15, 0.2) is 0 Å². The smallest absolute Gasteiger partial charge is 0.186 e. The zero-order valence-corrected chi connectivity index (χ0v) is 37.2. The van der Waals surface area contributed by atoms with E-state index in [0.717, 1.165) is 45.1 Å². The topological polar surface area (TPSA) is 276 Å². The molecule has 0 aromatic heterocycles. The summed E-state index contributed by atoms with van der Waals surface area (Å²) >= 11 is 0. The molecule has 5 heterocycles. The number of aliphatic hydroxyl groups excluding tert-OH is 10. The van der Waals surface area contributed by atoms with E-state index in [4.69, 9.17) is 37.9 Å². The number of rotatable bonds is 8. The first-order valence-corrected chi connectivity index (χ1v) is 23.8. The molecule has 28 atom stereocenters. The van der Waals surface area contributed by atoms with Crippen LogP contribution in [0.4, 0.5) is 0 Å². The van der Waals surface area contributed by atoms with Gasteiger partial charge < -0.3 is 89.0 Å².